The van der Waals surface area contributed by atoms with E-state index in [1.807, 2.05) is 24.1 Å². The fourth-order valence-corrected chi connectivity index (χ4v) is 5.93. The second-order valence-corrected chi connectivity index (χ2v) is 10.9. The lowest BCUT2D eigenvalue weighted by Gasteiger charge is -2.30. The number of nitrogens with zero attached hydrogens (tertiary/aromatic N) is 5. The summed E-state index contributed by atoms with van der Waals surface area (Å²) in [5.74, 6) is 1.53. The number of anilines is 4. The van der Waals surface area contributed by atoms with E-state index in [0.29, 0.717) is 24.0 Å². The number of aromatic nitrogens is 3. The molecule has 1 N–H and O–H groups in total. The highest BCUT2D eigenvalue weighted by Crippen LogP contribution is 2.35. The summed E-state index contributed by atoms with van der Waals surface area (Å²) in [6, 6.07) is 8.06. The third-order valence-electron chi connectivity index (χ3n) is 5.14. The van der Waals surface area contributed by atoms with E-state index in [-0.39, 0.29) is 6.61 Å². The van der Waals surface area contributed by atoms with Crippen molar-refractivity contribution < 1.29 is 14.3 Å². The van der Waals surface area contributed by atoms with Gasteiger partial charge in [0.15, 0.2) is 4.34 Å². The molecule has 0 radical (unpaired) electrons. The van der Waals surface area contributed by atoms with E-state index in [0.717, 1.165) is 51.1 Å². The highest BCUT2D eigenvalue weighted by Gasteiger charge is 2.17. The number of morpholine rings is 1. The number of amides is 1. The first-order valence-electron chi connectivity index (χ1n) is 11.2. The summed E-state index contributed by atoms with van der Waals surface area (Å²) in [5.41, 5.74) is 2.09. The quantitative estimate of drug-likeness (QED) is 0.280. The van der Waals surface area contributed by atoms with Gasteiger partial charge in [0.05, 0.1) is 28.9 Å². The molecule has 1 amide bonds. The van der Waals surface area contributed by atoms with Gasteiger partial charge in [0.25, 0.3) is 0 Å². The molecule has 0 saturated carbocycles. The van der Waals surface area contributed by atoms with Gasteiger partial charge in [-0.2, -0.15) is 0 Å². The Hall–Kier alpha value is -2.67. The minimum absolute atomic E-state index is 0.166. The molecule has 0 bridgehead atoms. The van der Waals surface area contributed by atoms with Gasteiger partial charge in [-0.1, -0.05) is 42.7 Å². The Balaban J connectivity index is 1.53. The number of hydrogen-bond acceptors (Lipinski definition) is 11. The second-order valence-electron chi connectivity index (χ2n) is 7.59. The Morgan fingerprint density at radius 1 is 1.31 bits per heavy atom. The summed E-state index contributed by atoms with van der Waals surface area (Å²) < 4.78 is 11.5. The molecule has 1 saturated heterocycles. The van der Waals surface area contributed by atoms with Crippen LogP contribution in [0.3, 0.4) is 0 Å². The number of carbonyl (C=O) groups excluding carboxylic acids is 1. The maximum atomic E-state index is 11.9. The van der Waals surface area contributed by atoms with Crippen molar-refractivity contribution in [2.24, 2.45) is 0 Å². The van der Waals surface area contributed by atoms with Crippen LogP contribution >= 0.6 is 34.4 Å². The molecule has 0 atom stereocenters. The highest BCUT2D eigenvalue weighted by atomic mass is 32.2. The number of ether oxygens (including phenoxy) is 2. The maximum absolute atomic E-state index is 11.9. The number of pyridine rings is 1. The molecule has 1 aliphatic heterocycles. The van der Waals surface area contributed by atoms with Crippen LogP contribution in [0.15, 0.2) is 41.3 Å². The number of thioether (sulfide) groups is 1. The molecule has 0 spiro atoms. The molecular formula is C23H28N6O3S3. The highest BCUT2D eigenvalue weighted by molar-refractivity contribution is 8.00. The fraction of sp³-hybridized carbons (Fsp3) is 0.391. The normalized spacial score (nSPS) is 13.5. The van der Waals surface area contributed by atoms with Crippen LogP contribution in [0, 0.1) is 0 Å². The van der Waals surface area contributed by atoms with Crippen molar-refractivity contribution in [3.63, 3.8) is 0 Å². The molecule has 12 heteroatoms. The molecular weight excluding hydrogens is 504 g/mol. The van der Waals surface area contributed by atoms with Crippen molar-refractivity contribution in [1.82, 2.24) is 15.2 Å². The lowest BCUT2D eigenvalue weighted by Crippen LogP contribution is -2.36. The minimum Gasteiger partial charge on any atom is -0.445 e. The lowest BCUT2D eigenvalue weighted by atomic mass is 10.2. The van der Waals surface area contributed by atoms with Gasteiger partial charge in [-0.15, -0.1) is 21.5 Å². The summed E-state index contributed by atoms with van der Waals surface area (Å²) in [4.78, 5) is 21.2. The number of thiophene rings is 1. The zero-order chi connectivity index (χ0) is 24.6. The molecule has 3 aromatic rings. The standard InChI is InChI=1S/C23H28N6O3S3/c1-4-10-32-22(30)25-20-6-7-21(34-20)28(3)18-14-17(29-8-11-31-12-9-29)13-16(24-18)15-33-23-27-26-19(5-2)35-23/h4,6-7,13-14H,1,5,8-12,15H2,2-3H3,(H,25,30). The average molecular weight is 533 g/mol. The molecule has 0 aromatic carbocycles. The van der Waals surface area contributed by atoms with Crippen LogP contribution in [0.1, 0.15) is 17.6 Å². The molecule has 9 nitrogen and oxygen atoms in total. The Bertz CT molecular complexity index is 1150. The number of nitrogens with one attached hydrogen (secondary N) is 1. The monoisotopic (exact) mass is 532 g/mol. The first-order valence-corrected chi connectivity index (χ1v) is 13.8. The van der Waals surface area contributed by atoms with E-state index in [1.165, 1.54) is 17.4 Å². The van der Waals surface area contributed by atoms with Crippen LogP contribution in [0.25, 0.3) is 0 Å². The van der Waals surface area contributed by atoms with Gasteiger partial charge in [0.2, 0.25) is 0 Å². The smallest absolute Gasteiger partial charge is 0.412 e. The Kier molecular flexibility index (Phi) is 8.96. The van der Waals surface area contributed by atoms with Crippen LogP contribution in [-0.2, 0) is 21.6 Å². The first kappa shape index (κ1) is 25.4. The Morgan fingerprint density at radius 2 is 2.14 bits per heavy atom. The summed E-state index contributed by atoms with van der Waals surface area (Å²) >= 11 is 4.74. The Morgan fingerprint density at radius 3 is 2.89 bits per heavy atom. The SMILES string of the molecule is C=CCOC(=O)Nc1ccc(N(C)c2cc(N3CCOCC3)cc(CSc3nnc(CC)s3)n2)s1. The molecule has 1 aliphatic rings. The van der Waals surface area contributed by atoms with E-state index >= 15 is 0 Å². The zero-order valence-corrected chi connectivity index (χ0v) is 22.2. The van der Waals surface area contributed by atoms with Crippen LogP contribution in [-0.4, -0.2) is 61.2 Å². The zero-order valence-electron chi connectivity index (χ0n) is 19.7. The summed E-state index contributed by atoms with van der Waals surface area (Å²) in [6.45, 7) is 8.91. The number of aryl methyl sites for hydroxylation is 1. The van der Waals surface area contributed by atoms with Crippen LogP contribution in [0.4, 0.5) is 26.3 Å². The number of rotatable bonds is 10. The maximum Gasteiger partial charge on any atom is 0.412 e. The van der Waals surface area contributed by atoms with Crippen molar-refractivity contribution in [1.29, 1.82) is 0 Å². The third-order valence-corrected chi connectivity index (χ3v) is 8.46. The predicted molar refractivity (Wildman–Crippen MR) is 144 cm³/mol. The largest absolute Gasteiger partial charge is 0.445 e. The van der Waals surface area contributed by atoms with Gasteiger partial charge in [-0.25, -0.2) is 9.78 Å². The molecule has 0 unspecified atom stereocenters. The van der Waals surface area contributed by atoms with Gasteiger partial charge >= 0.3 is 6.09 Å². The lowest BCUT2D eigenvalue weighted by molar-refractivity contribution is 0.122. The summed E-state index contributed by atoms with van der Waals surface area (Å²) in [5, 5.41) is 13.9. The minimum atomic E-state index is -0.504. The molecule has 4 heterocycles. The van der Waals surface area contributed by atoms with E-state index < -0.39 is 6.09 Å². The molecule has 186 valence electrons. The van der Waals surface area contributed by atoms with E-state index in [2.05, 4.69) is 46.0 Å². The van der Waals surface area contributed by atoms with E-state index in [9.17, 15) is 4.79 Å². The molecule has 1 fully saturated rings. The van der Waals surface area contributed by atoms with Crippen molar-refractivity contribution in [2.75, 3.05) is 55.1 Å². The molecule has 35 heavy (non-hydrogen) atoms. The molecule has 4 rings (SSSR count). The fourth-order valence-electron chi connectivity index (χ4n) is 3.34. The summed E-state index contributed by atoms with van der Waals surface area (Å²) in [6.07, 6.45) is 1.92. The summed E-state index contributed by atoms with van der Waals surface area (Å²) in [7, 11) is 1.98. The van der Waals surface area contributed by atoms with Crippen molar-refractivity contribution in [3.05, 3.63) is 47.6 Å². The van der Waals surface area contributed by atoms with E-state index in [1.54, 1.807) is 23.1 Å². The second kappa shape index (κ2) is 12.3. The van der Waals surface area contributed by atoms with Gasteiger partial charge < -0.3 is 19.3 Å². The van der Waals surface area contributed by atoms with Crippen LogP contribution in [0.2, 0.25) is 0 Å². The van der Waals surface area contributed by atoms with Crippen LogP contribution < -0.4 is 15.1 Å². The van der Waals surface area contributed by atoms with Gasteiger partial charge in [-0.05, 0) is 24.6 Å². The van der Waals surface area contributed by atoms with E-state index in [4.69, 9.17) is 14.5 Å². The number of hydrogen-bond donors (Lipinski definition) is 1. The topological polar surface area (TPSA) is 92.7 Å². The number of carbonyl (C=O) groups is 1. The van der Waals surface area contributed by atoms with Crippen molar-refractivity contribution in [3.8, 4) is 0 Å². The Labute approximate surface area is 217 Å². The van der Waals surface area contributed by atoms with Crippen molar-refractivity contribution >= 4 is 62.0 Å². The third kappa shape index (κ3) is 6.94. The average Bonchev–Trinajstić information content (AvgIpc) is 3.55. The van der Waals surface area contributed by atoms with Gasteiger partial charge in [0, 0.05) is 37.6 Å². The first-order chi connectivity index (χ1) is 17.1. The van der Waals surface area contributed by atoms with Crippen LogP contribution in [0.5, 0.6) is 0 Å². The predicted octanol–water partition coefficient (Wildman–Crippen LogP) is 5.19. The van der Waals surface area contributed by atoms with Gasteiger partial charge in [0.1, 0.15) is 17.4 Å². The van der Waals surface area contributed by atoms with Crippen molar-refractivity contribution in [2.45, 2.75) is 23.4 Å². The molecule has 0 aliphatic carbocycles. The van der Waals surface area contributed by atoms with Gasteiger partial charge in [-0.3, -0.25) is 5.32 Å². The molecule has 3 aromatic heterocycles.